The molecule has 4 fully saturated rings. The predicted molar refractivity (Wildman–Crippen MR) is 95.1 cm³/mol. The summed E-state index contributed by atoms with van der Waals surface area (Å²) >= 11 is 1.92. The predicted octanol–water partition coefficient (Wildman–Crippen LogP) is 0.217. The second-order valence-electron chi connectivity index (χ2n) is 8.08. The molecule has 7 nitrogen and oxygen atoms in total. The van der Waals surface area contributed by atoms with E-state index in [1.165, 1.54) is 0 Å². The second kappa shape index (κ2) is 5.50. The molecule has 4 aliphatic rings. The molecule has 24 heavy (non-hydrogen) atoms. The number of esters is 1. The van der Waals surface area contributed by atoms with Gasteiger partial charge < -0.3 is 20.7 Å². The third kappa shape index (κ3) is 2.69. The molecule has 2 saturated carbocycles. The van der Waals surface area contributed by atoms with Gasteiger partial charge in [0.25, 0.3) is 0 Å². The van der Waals surface area contributed by atoms with Crippen LogP contribution >= 0.6 is 22.6 Å². The van der Waals surface area contributed by atoms with Gasteiger partial charge in [-0.15, -0.1) is 0 Å². The fourth-order valence-corrected chi connectivity index (χ4v) is 5.15. The van der Waals surface area contributed by atoms with Crippen molar-refractivity contribution in [3.63, 3.8) is 0 Å². The molecular formula is C16H26IN3O4. The van der Waals surface area contributed by atoms with Gasteiger partial charge in [-0.25, -0.2) is 4.79 Å². The Hall–Kier alpha value is -0.0000000000000000971. The Morgan fingerprint density at radius 1 is 1.21 bits per heavy atom. The number of hydrogen-bond acceptors (Lipinski definition) is 7. The Kier molecular flexibility index (Phi) is 3.99. The SMILES string of the molecule is NC(I)(C(=O)OC(CC1(O)CCCC1)C1(O)CCCC1)C12NC1N2. The van der Waals surface area contributed by atoms with Crippen LogP contribution in [-0.4, -0.2) is 48.9 Å². The number of alkyl halides is 1. The number of halogens is 1. The van der Waals surface area contributed by atoms with Crippen LogP contribution in [0.15, 0.2) is 0 Å². The van der Waals surface area contributed by atoms with Gasteiger partial charge in [0.05, 0.1) is 11.8 Å². The summed E-state index contributed by atoms with van der Waals surface area (Å²) in [4.78, 5) is 12.7. The van der Waals surface area contributed by atoms with Crippen LogP contribution in [0.5, 0.6) is 0 Å². The van der Waals surface area contributed by atoms with E-state index in [1.54, 1.807) is 0 Å². The molecule has 2 saturated heterocycles. The third-order valence-electron chi connectivity index (χ3n) is 6.30. The molecule has 0 radical (unpaired) electrons. The van der Waals surface area contributed by atoms with Crippen LogP contribution in [0.25, 0.3) is 0 Å². The highest BCUT2D eigenvalue weighted by Crippen LogP contribution is 2.50. The first-order chi connectivity index (χ1) is 11.2. The van der Waals surface area contributed by atoms with Crippen molar-refractivity contribution in [1.29, 1.82) is 0 Å². The fraction of sp³-hybridized carbons (Fsp3) is 0.938. The molecule has 0 amide bonds. The van der Waals surface area contributed by atoms with Crippen molar-refractivity contribution in [2.45, 2.75) is 90.5 Å². The monoisotopic (exact) mass is 451 g/mol. The van der Waals surface area contributed by atoms with Gasteiger partial charge in [0.15, 0.2) is 0 Å². The Morgan fingerprint density at radius 2 is 1.71 bits per heavy atom. The molecular weight excluding hydrogens is 425 g/mol. The molecule has 0 aromatic heterocycles. The van der Waals surface area contributed by atoms with Crippen LogP contribution in [0, 0.1) is 0 Å². The molecule has 0 aromatic rings. The minimum absolute atomic E-state index is 0.0824. The Bertz CT molecular complexity index is 537. The summed E-state index contributed by atoms with van der Waals surface area (Å²) in [5, 5.41) is 28.0. The van der Waals surface area contributed by atoms with E-state index < -0.39 is 32.5 Å². The van der Waals surface area contributed by atoms with Gasteiger partial charge in [0.1, 0.15) is 17.4 Å². The standard InChI is InChI=1S/C16H26IN3O4/c17-15(18,16-11(19-16)20-16)12(21)24-10(14(23)7-3-4-8-14)9-13(22)5-1-2-6-13/h10-11,19-20,22-23H,1-9,18H2. The summed E-state index contributed by atoms with van der Waals surface area (Å²) in [7, 11) is 0. The van der Waals surface area contributed by atoms with E-state index in [9.17, 15) is 15.0 Å². The number of carbonyl (C=O) groups is 1. The molecule has 6 N–H and O–H groups in total. The van der Waals surface area contributed by atoms with Gasteiger partial charge >= 0.3 is 5.97 Å². The number of aliphatic hydroxyl groups is 2. The van der Waals surface area contributed by atoms with Gasteiger partial charge in [0, 0.05) is 6.42 Å². The number of hydrogen-bond donors (Lipinski definition) is 5. The zero-order valence-electron chi connectivity index (χ0n) is 13.7. The molecule has 2 aliphatic carbocycles. The number of rotatable bonds is 6. The summed E-state index contributed by atoms with van der Waals surface area (Å²) in [6, 6.07) is 0. The maximum Gasteiger partial charge on any atom is 0.340 e. The molecule has 0 bridgehead atoms. The van der Waals surface area contributed by atoms with Crippen molar-refractivity contribution in [2.24, 2.45) is 5.73 Å². The molecule has 2 heterocycles. The van der Waals surface area contributed by atoms with Crippen LogP contribution in [-0.2, 0) is 9.53 Å². The highest BCUT2D eigenvalue weighted by molar-refractivity contribution is 14.1. The molecule has 136 valence electrons. The zero-order valence-corrected chi connectivity index (χ0v) is 15.8. The summed E-state index contributed by atoms with van der Waals surface area (Å²) < 4.78 is 4.54. The van der Waals surface area contributed by atoms with Crippen molar-refractivity contribution in [1.82, 2.24) is 10.6 Å². The molecule has 2 unspecified atom stereocenters. The zero-order chi connectivity index (χ0) is 17.2. The van der Waals surface area contributed by atoms with E-state index in [4.69, 9.17) is 10.5 Å². The van der Waals surface area contributed by atoms with Crippen LogP contribution in [0.2, 0.25) is 0 Å². The smallest absolute Gasteiger partial charge is 0.340 e. The lowest BCUT2D eigenvalue weighted by Crippen LogP contribution is -2.59. The van der Waals surface area contributed by atoms with Gasteiger partial charge in [-0.3, -0.25) is 10.6 Å². The quantitative estimate of drug-likeness (QED) is 0.128. The van der Waals surface area contributed by atoms with Crippen LogP contribution in [0.4, 0.5) is 0 Å². The largest absolute Gasteiger partial charge is 0.457 e. The summed E-state index contributed by atoms with van der Waals surface area (Å²) in [5.74, 6) is -0.532. The molecule has 8 heteroatoms. The van der Waals surface area contributed by atoms with Crippen LogP contribution in [0.1, 0.15) is 57.8 Å². The average Bonchev–Trinajstić information content (AvgIpc) is 3.27. The van der Waals surface area contributed by atoms with E-state index in [0.29, 0.717) is 32.1 Å². The van der Waals surface area contributed by atoms with E-state index in [-0.39, 0.29) is 6.17 Å². The lowest BCUT2D eigenvalue weighted by Gasteiger charge is -2.38. The van der Waals surface area contributed by atoms with Crippen molar-refractivity contribution in [2.75, 3.05) is 0 Å². The highest BCUT2D eigenvalue weighted by Gasteiger charge is 2.81. The summed E-state index contributed by atoms with van der Waals surface area (Å²) in [6.45, 7) is 0. The minimum atomic E-state index is -1.22. The first-order valence-electron chi connectivity index (χ1n) is 8.90. The van der Waals surface area contributed by atoms with Crippen molar-refractivity contribution in [3.8, 4) is 0 Å². The maximum absolute atomic E-state index is 12.7. The molecule has 0 spiro atoms. The summed E-state index contributed by atoms with van der Waals surface area (Å²) in [5.41, 5.74) is 3.76. The molecule has 0 aromatic carbocycles. The Balaban J connectivity index is 1.50. The van der Waals surface area contributed by atoms with E-state index in [1.807, 2.05) is 22.6 Å². The van der Waals surface area contributed by atoms with Crippen LogP contribution in [0.3, 0.4) is 0 Å². The Labute approximate surface area is 155 Å². The lowest BCUT2D eigenvalue weighted by molar-refractivity contribution is -0.175. The van der Waals surface area contributed by atoms with E-state index >= 15 is 0 Å². The van der Waals surface area contributed by atoms with Crippen molar-refractivity contribution >= 4 is 28.6 Å². The van der Waals surface area contributed by atoms with Gasteiger partial charge in [-0.2, -0.15) is 0 Å². The molecule has 4 rings (SSSR count). The highest BCUT2D eigenvalue weighted by atomic mass is 127. The second-order valence-corrected chi connectivity index (χ2v) is 9.78. The number of nitrogens with one attached hydrogen (secondary N) is 2. The summed E-state index contributed by atoms with van der Waals surface area (Å²) in [6.07, 6.45) is 6.04. The molecule has 2 atom stereocenters. The van der Waals surface area contributed by atoms with Gasteiger partial charge in [0.2, 0.25) is 3.55 Å². The normalized spacial score (nSPS) is 38.9. The lowest BCUT2D eigenvalue weighted by atomic mass is 9.84. The van der Waals surface area contributed by atoms with Gasteiger partial charge in [-0.1, -0.05) is 25.7 Å². The first-order valence-corrected chi connectivity index (χ1v) is 9.98. The van der Waals surface area contributed by atoms with E-state index in [2.05, 4.69) is 10.6 Å². The number of carbonyl (C=O) groups excluding carboxylic acids is 1. The topological polar surface area (TPSA) is 137 Å². The van der Waals surface area contributed by atoms with Crippen LogP contribution < -0.4 is 16.4 Å². The van der Waals surface area contributed by atoms with Crippen molar-refractivity contribution in [3.05, 3.63) is 0 Å². The third-order valence-corrected chi connectivity index (χ3v) is 7.59. The average molecular weight is 451 g/mol. The maximum atomic E-state index is 12.7. The molecule has 2 aliphatic heterocycles. The fourth-order valence-electron chi connectivity index (χ4n) is 4.40. The number of fused-ring (bicyclic) bond motifs is 1. The minimum Gasteiger partial charge on any atom is -0.457 e. The Morgan fingerprint density at radius 3 is 2.21 bits per heavy atom. The number of nitrogens with two attached hydrogens (primary N) is 1. The number of ether oxygens (including phenoxy) is 1. The van der Waals surface area contributed by atoms with E-state index in [0.717, 1.165) is 25.7 Å². The van der Waals surface area contributed by atoms with Crippen molar-refractivity contribution < 1.29 is 19.7 Å². The van der Waals surface area contributed by atoms with Gasteiger partial charge in [-0.05, 0) is 48.3 Å². The first kappa shape index (κ1) is 17.4.